The lowest BCUT2D eigenvalue weighted by atomic mass is 10.2. The highest BCUT2D eigenvalue weighted by molar-refractivity contribution is 5.84. The van der Waals surface area contributed by atoms with E-state index in [-0.39, 0.29) is 0 Å². The van der Waals surface area contributed by atoms with Crippen LogP contribution in [0.3, 0.4) is 0 Å². The van der Waals surface area contributed by atoms with E-state index in [1.54, 1.807) is 20.8 Å². The quantitative estimate of drug-likeness (QED) is 0.796. The largest absolute Gasteiger partial charge is 0.458 e. The number of halogens is 3. The van der Waals surface area contributed by atoms with Gasteiger partial charge in [-0.05, 0) is 27.7 Å². The molecule has 4 nitrogen and oxygen atoms in total. The second-order valence-electron chi connectivity index (χ2n) is 4.94. The van der Waals surface area contributed by atoms with Crippen molar-refractivity contribution in [2.24, 2.45) is 0 Å². The van der Waals surface area contributed by atoms with Crippen LogP contribution in [-0.4, -0.2) is 29.7 Å². The van der Waals surface area contributed by atoms with Crippen LogP contribution in [0.1, 0.15) is 40.5 Å². The van der Waals surface area contributed by atoms with E-state index in [0.29, 0.717) is 0 Å². The van der Waals surface area contributed by atoms with E-state index >= 15 is 0 Å². The topological polar surface area (TPSA) is 55.4 Å². The molecule has 0 aromatic rings. The van der Waals surface area contributed by atoms with Crippen molar-refractivity contribution in [3.8, 4) is 0 Å². The molecule has 18 heavy (non-hydrogen) atoms. The van der Waals surface area contributed by atoms with Crippen LogP contribution in [0.15, 0.2) is 0 Å². The van der Waals surface area contributed by atoms with Crippen LogP contribution in [0.4, 0.5) is 13.2 Å². The van der Waals surface area contributed by atoms with Gasteiger partial charge >= 0.3 is 12.1 Å². The van der Waals surface area contributed by atoms with E-state index in [9.17, 15) is 22.8 Å². The van der Waals surface area contributed by atoms with Crippen LogP contribution >= 0.6 is 0 Å². The van der Waals surface area contributed by atoms with Crippen molar-refractivity contribution in [2.75, 3.05) is 0 Å². The van der Waals surface area contributed by atoms with E-state index in [4.69, 9.17) is 4.74 Å². The SMILES string of the molecule is C[C@H](NC(=O)CCC(F)(F)F)C(=O)OC(C)(C)C. The number of nitrogens with one attached hydrogen (secondary N) is 1. The molecule has 0 saturated heterocycles. The van der Waals surface area contributed by atoms with Crippen molar-refractivity contribution >= 4 is 11.9 Å². The summed E-state index contributed by atoms with van der Waals surface area (Å²) in [5.41, 5.74) is -0.706. The van der Waals surface area contributed by atoms with Gasteiger partial charge in [0, 0.05) is 6.42 Å². The van der Waals surface area contributed by atoms with Gasteiger partial charge in [0.2, 0.25) is 5.91 Å². The highest BCUT2D eigenvalue weighted by atomic mass is 19.4. The molecule has 1 N–H and O–H groups in total. The number of carbonyl (C=O) groups excluding carboxylic acids is 2. The number of rotatable bonds is 4. The highest BCUT2D eigenvalue weighted by Gasteiger charge is 2.29. The Morgan fingerprint density at radius 2 is 1.72 bits per heavy atom. The predicted octanol–water partition coefficient (Wildman–Crippen LogP) is 2.18. The Morgan fingerprint density at radius 3 is 2.11 bits per heavy atom. The Hall–Kier alpha value is -1.27. The molecular weight excluding hydrogens is 251 g/mol. The molecule has 0 unspecified atom stereocenters. The number of alkyl halides is 3. The molecule has 7 heteroatoms. The van der Waals surface area contributed by atoms with Crippen molar-refractivity contribution in [1.82, 2.24) is 5.32 Å². The first-order valence-electron chi connectivity index (χ1n) is 5.50. The second kappa shape index (κ2) is 6.06. The van der Waals surface area contributed by atoms with E-state index in [2.05, 4.69) is 5.32 Å². The zero-order chi connectivity index (χ0) is 14.6. The first-order chi connectivity index (χ1) is 7.91. The van der Waals surface area contributed by atoms with Crippen LogP contribution in [-0.2, 0) is 14.3 Å². The minimum Gasteiger partial charge on any atom is -0.458 e. The number of hydrogen-bond donors (Lipinski definition) is 1. The molecule has 0 aliphatic rings. The maximum atomic E-state index is 11.9. The Bertz CT molecular complexity index is 308. The Kier molecular flexibility index (Phi) is 5.63. The maximum absolute atomic E-state index is 11.9. The monoisotopic (exact) mass is 269 g/mol. The predicted molar refractivity (Wildman–Crippen MR) is 58.7 cm³/mol. The van der Waals surface area contributed by atoms with Crippen molar-refractivity contribution in [2.45, 2.75) is 58.4 Å². The number of amides is 1. The lowest BCUT2D eigenvalue weighted by Gasteiger charge is -2.22. The molecule has 0 aliphatic heterocycles. The molecule has 0 heterocycles. The Morgan fingerprint density at radius 1 is 1.22 bits per heavy atom. The summed E-state index contributed by atoms with van der Waals surface area (Å²) in [6.45, 7) is 6.33. The summed E-state index contributed by atoms with van der Waals surface area (Å²) in [6, 6.07) is -0.968. The summed E-state index contributed by atoms with van der Waals surface area (Å²) in [7, 11) is 0. The summed E-state index contributed by atoms with van der Waals surface area (Å²) in [4.78, 5) is 22.6. The van der Waals surface area contributed by atoms with Crippen molar-refractivity contribution < 1.29 is 27.5 Å². The first kappa shape index (κ1) is 16.7. The van der Waals surface area contributed by atoms with Gasteiger partial charge in [-0.3, -0.25) is 4.79 Å². The maximum Gasteiger partial charge on any atom is 0.389 e. The van der Waals surface area contributed by atoms with Crippen LogP contribution in [0.2, 0.25) is 0 Å². The third kappa shape index (κ3) is 8.83. The van der Waals surface area contributed by atoms with Gasteiger partial charge in [-0.25, -0.2) is 4.79 Å². The third-order valence-corrected chi connectivity index (χ3v) is 1.77. The van der Waals surface area contributed by atoms with Crippen LogP contribution in [0.25, 0.3) is 0 Å². The molecule has 0 aromatic carbocycles. The second-order valence-corrected chi connectivity index (χ2v) is 4.94. The van der Waals surface area contributed by atoms with Gasteiger partial charge in [-0.1, -0.05) is 0 Å². The minimum absolute atomic E-state index is 0.678. The van der Waals surface area contributed by atoms with E-state index in [0.717, 1.165) is 0 Å². The number of ether oxygens (including phenoxy) is 1. The smallest absolute Gasteiger partial charge is 0.389 e. The molecule has 1 atom stereocenters. The summed E-state index contributed by atoms with van der Waals surface area (Å²) < 4.78 is 40.6. The third-order valence-electron chi connectivity index (χ3n) is 1.77. The fourth-order valence-electron chi connectivity index (χ4n) is 1.02. The number of hydrogen-bond acceptors (Lipinski definition) is 3. The molecular formula is C11H18F3NO3. The van der Waals surface area contributed by atoms with Crippen molar-refractivity contribution in [3.05, 3.63) is 0 Å². The molecule has 0 saturated carbocycles. The molecule has 0 fully saturated rings. The fraction of sp³-hybridized carbons (Fsp3) is 0.818. The molecule has 0 bridgehead atoms. The lowest BCUT2D eigenvalue weighted by Crippen LogP contribution is -2.42. The lowest BCUT2D eigenvalue weighted by molar-refractivity contribution is -0.158. The Labute approximate surface area is 104 Å². The van der Waals surface area contributed by atoms with Gasteiger partial charge in [-0.2, -0.15) is 13.2 Å². The number of carbonyl (C=O) groups is 2. The molecule has 0 radical (unpaired) electrons. The molecule has 0 aromatic heterocycles. The van der Waals surface area contributed by atoms with Gasteiger partial charge in [0.05, 0.1) is 6.42 Å². The van der Waals surface area contributed by atoms with Gasteiger partial charge in [0.1, 0.15) is 11.6 Å². The summed E-state index contributed by atoms with van der Waals surface area (Å²) in [6.07, 6.45) is -6.29. The van der Waals surface area contributed by atoms with E-state index in [1.807, 2.05) is 0 Å². The number of esters is 1. The fourth-order valence-corrected chi connectivity index (χ4v) is 1.02. The summed E-state index contributed by atoms with van der Waals surface area (Å²) in [5, 5.41) is 2.16. The van der Waals surface area contributed by atoms with Crippen molar-refractivity contribution in [1.29, 1.82) is 0 Å². The Balaban J connectivity index is 4.12. The van der Waals surface area contributed by atoms with Crippen molar-refractivity contribution in [3.63, 3.8) is 0 Å². The molecule has 0 aliphatic carbocycles. The standard InChI is InChI=1S/C11H18F3NO3/c1-7(9(17)18-10(2,3)4)15-8(16)5-6-11(12,13)14/h7H,5-6H2,1-4H3,(H,15,16)/t7-/m0/s1. The van der Waals surface area contributed by atoms with E-state index in [1.165, 1.54) is 6.92 Å². The highest BCUT2D eigenvalue weighted by Crippen LogP contribution is 2.21. The van der Waals surface area contributed by atoms with Gasteiger partial charge in [0.15, 0.2) is 0 Å². The average molecular weight is 269 g/mol. The average Bonchev–Trinajstić information content (AvgIpc) is 2.10. The molecule has 0 rings (SSSR count). The van der Waals surface area contributed by atoms with Crippen LogP contribution < -0.4 is 5.32 Å². The van der Waals surface area contributed by atoms with Gasteiger partial charge < -0.3 is 10.1 Å². The first-order valence-corrected chi connectivity index (χ1v) is 5.50. The van der Waals surface area contributed by atoms with E-state index < -0.39 is 42.5 Å². The zero-order valence-electron chi connectivity index (χ0n) is 10.9. The minimum atomic E-state index is -4.38. The van der Waals surface area contributed by atoms with Crippen LogP contribution in [0.5, 0.6) is 0 Å². The molecule has 1 amide bonds. The zero-order valence-corrected chi connectivity index (χ0v) is 10.9. The van der Waals surface area contributed by atoms with Gasteiger partial charge in [-0.15, -0.1) is 0 Å². The van der Waals surface area contributed by atoms with Gasteiger partial charge in [0.25, 0.3) is 0 Å². The normalized spacial score (nSPS) is 13.9. The van der Waals surface area contributed by atoms with Crippen LogP contribution in [0, 0.1) is 0 Å². The molecule has 0 spiro atoms. The summed E-state index contributed by atoms with van der Waals surface area (Å²) >= 11 is 0. The summed E-state index contributed by atoms with van der Waals surface area (Å²) in [5.74, 6) is -1.51. The molecule has 106 valence electrons.